The number of hydrogen-bond donors (Lipinski definition) is 0. The van der Waals surface area contributed by atoms with Gasteiger partial charge in [-0.15, -0.1) is 18.2 Å². The van der Waals surface area contributed by atoms with E-state index in [-0.39, 0.29) is 5.38 Å². The maximum absolute atomic E-state index is 6.45. The molecule has 105 valence electrons. The van der Waals surface area contributed by atoms with E-state index in [4.69, 9.17) is 16.3 Å². The lowest BCUT2D eigenvalue weighted by Crippen LogP contribution is -2.13. The van der Waals surface area contributed by atoms with Gasteiger partial charge in [-0.05, 0) is 47.8 Å². The van der Waals surface area contributed by atoms with Crippen LogP contribution in [0.2, 0.25) is 0 Å². The molecule has 0 aromatic heterocycles. The lowest BCUT2D eigenvalue weighted by molar-refractivity contribution is 0.414. The van der Waals surface area contributed by atoms with E-state index in [1.165, 1.54) is 16.7 Å². The summed E-state index contributed by atoms with van der Waals surface area (Å²) in [5.74, 6) is 0.870. The normalized spacial score (nSPS) is 18.8. The monoisotopic (exact) mass is 351 g/mol. The van der Waals surface area contributed by atoms with Gasteiger partial charge < -0.3 is 4.74 Å². The Morgan fingerprint density at radius 2 is 2.05 bits per heavy atom. The largest absolute Gasteiger partial charge is 0.497 e. The predicted octanol–water partition coefficient (Wildman–Crippen LogP) is 5.21. The van der Waals surface area contributed by atoms with Crippen molar-refractivity contribution in [1.82, 2.24) is 0 Å². The van der Waals surface area contributed by atoms with Crippen LogP contribution in [0.5, 0.6) is 5.75 Å². The summed E-state index contributed by atoms with van der Waals surface area (Å²) >= 11 is 10.1. The quantitative estimate of drug-likeness (QED) is 0.522. The number of ether oxygens (including phenoxy) is 1. The van der Waals surface area contributed by atoms with Gasteiger partial charge in [0.15, 0.2) is 0 Å². The summed E-state index contributed by atoms with van der Waals surface area (Å²) in [6.07, 6.45) is 7.77. The van der Waals surface area contributed by atoms with Crippen molar-refractivity contribution in [2.24, 2.45) is 0 Å². The van der Waals surface area contributed by atoms with Gasteiger partial charge in [-0.3, -0.25) is 0 Å². The summed E-state index contributed by atoms with van der Waals surface area (Å²) in [5.41, 5.74) is 3.61. The molecule has 1 aliphatic rings. The highest BCUT2D eigenvalue weighted by Crippen LogP contribution is 2.34. The Morgan fingerprint density at radius 1 is 1.35 bits per heavy atom. The first kappa shape index (κ1) is 15.4. The zero-order valence-corrected chi connectivity index (χ0v) is 13.7. The second kappa shape index (κ2) is 7.14. The van der Waals surface area contributed by atoms with Crippen LogP contribution in [0.1, 0.15) is 12.0 Å². The van der Waals surface area contributed by atoms with Crippen LogP contribution in [-0.4, -0.2) is 12.5 Å². The van der Waals surface area contributed by atoms with Crippen molar-refractivity contribution in [3.05, 3.63) is 70.6 Å². The molecule has 0 unspecified atom stereocenters. The highest BCUT2D eigenvalue weighted by atomic mass is 79.9. The van der Waals surface area contributed by atoms with Crippen LogP contribution < -0.4 is 4.74 Å². The minimum atomic E-state index is -0.0617. The van der Waals surface area contributed by atoms with Crippen LogP contribution in [0.3, 0.4) is 0 Å². The summed E-state index contributed by atoms with van der Waals surface area (Å²) < 4.78 is 6.26. The molecule has 1 aliphatic carbocycles. The minimum absolute atomic E-state index is 0.0617. The predicted molar refractivity (Wildman–Crippen MR) is 89.5 cm³/mol. The molecule has 0 saturated carbocycles. The third-order valence-electron chi connectivity index (χ3n) is 3.25. The van der Waals surface area contributed by atoms with Crippen molar-refractivity contribution in [1.29, 1.82) is 0 Å². The molecule has 0 amide bonds. The van der Waals surface area contributed by atoms with Gasteiger partial charge in [0, 0.05) is 10.9 Å². The van der Waals surface area contributed by atoms with E-state index in [0.717, 1.165) is 23.1 Å². The Hall–Kier alpha value is -0.990. The molecular weight excluding hydrogens is 336 g/mol. The Bertz CT molecular complexity index is 543. The molecule has 1 radical (unpaired) electrons. The SMILES string of the molecule is C=CCC1=C(Br)C=C(Cc2ccc(OC)cc2)[C@@H](Cl)[CH]1. The van der Waals surface area contributed by atoms with Crippen LogP contribution in [0.25, 0.3) is 0 Å². The van der Waals surface area contributed by atoms with Crippen LogP contribution in [0.15, 0.2) is 58.6 Å². The van der Waals surface area contributed by atoms with Crippen LogP contribution in [0, 0.1) is 6.42 Å². The second-order valence-corrected chi connectivity index (χ2v) is 6.00. The lowest BCUT2D eigenvalue weighted by Gasteiger charge is -2.21. The van der Waals surface area contributed by atoms with Gasteiger partial charge in [-0.2, -0.15) is 0 Å². The average molecular weight is 353 g/mol. The number of methoxy groups -OCH3 is 1. The van der Waals surface area contributed by atoms with E-state index in [9.17, 15) is 0 Å². The smallest absolute Gasteiger partial charge is 0.118 e. The number of allylic oxidation sites excluding steroid dienone is 5. The minimum Gasteiger partial charge on any atom is -0.497 e. The van der Waals surface area contributed by atoms with Crippen LogP contribution >= 0.6 is 27.5 Å². The zero-order valence-electron chi connectivity index (χ0n) is 11.4. The molecule has 2 rings (SSSR count). The lowest BCUT2D eigenvalue weighted by atomic mass is 9.92. The fourth-order valence-electron chi connectivity index (χ4n) is 2.15. The van der Waals surface area contributed by atoms with Crippen molar-refractivity contribution in [3.63, 3.8) is 0 Å². The van der Waals surface area contributed by atoms with Crippen molar-refractivity contribution in [3.8, 4) is 5.75 Å². The molecular formula is C17H17BrClO. The Balaban J connectivity index is 2.15. The van der Waals surface area contributed by atoms with Crippen molar-refractivity contribution in [2.75, 3.05) is 7.11 Å². The Morgan fingerprint density at radius 3 is 2.65 bits per heavy atom. The molecule has 0 bridgehead atoms. The van der Waals surface area contributed by atoms with Crippen molar-refractivity contribution >= 4 is 27.5 Å². The van der Waals surface area contributed by atoms with Crippen molar-refractivity contribution < 1.29 is 4.74 Å². The van der Waals surface area contributed by atoms with E-state index < -0.39 is 0 Å². The molecule has 20 heavy (non-hydrogen) atoms. The van der Waals surface area contributed by atoms with E-state index >= 15 is 0 Å². The number of halogens is 2. The topological polar surface area (TPSA) is 9.23 Å². The third kappa shape index (κ3) is 3.77. The standard InChI is InChI=1S/C17H17BrClO/c1-3-4-13-11-17(19)14(10-16(13)18)9-12-5-7-15(20-2)8-6-12/h3,5-8,10-11,17H,1,4,9H2,2H3/t17-/m0/s1. The molecule has 0 spiro atoms. The molecule has 0 saturated heterocycles. The van der Waals surface area contributed by atoms with E-state index in [1.807, 2.05) is 18.2 Å². The molecule has 3 heteroatoms. The van der Waals surface area contributed by atoms with Gasteiger partial charge in [0.2, 0.25) is 0 Å². The average Bonchev–Trinajstić information content (AvgIpc) is 2.45. The van der Waals surface area contributed by atoms with Crippen LogP contribution in [0.4, 0.5) is 0 Å². The van der Waals surface area contributed by atoms with Gasteiger partial charge in [0.25, 0.3) is 0 Å². The van der Waals surface area contributed by atoms with Crippen LogP contribution in [-0.2, 0) is 6.42 Å². The van der Waals surface area contributed by atoms with Crippen molar-refractivity contribution in [2.45, 2.75) is 18.2 Å². The summed E-state index contributed by atoms with van der Waals surface area (Å²) in [5, 5.41) is -0.0617. The summed E-state index contributed by atoms with van der Waals surface area (Å²) in [6, 6.07) is 8.08. The Labute approximate surface area is 134 Å². The number of hydrogen-bond acceptors (Lipinski definition) is 1. The second-order valence-electron chi connectivity index (χ2n) is 4.68. The molecule has 1 aromatic carbocycles. The van der Waals surface area contributed by atoms with E-state index in [2.05, 4.69) is 47.1 Å². The maximum atomic E-state index is 6.45. The molecule has 1 aromatic rings. The van der Waals surface area contributed by atoms with Gasteiger partial charge in [0.1, 0.15) is 5.75 Å². The summed E-state index contributed by atoms with van der Waals surface area (Å²) in [7, 11) is 1.67. The van der Waals surface area contributed by atoms with Gasteiger partial charge >= 0.3 is 0 Å². The molecule has 0 aliphatic heterocycles. The molecule has 0 N–H and O–H groups in total. The van der Waals surface area contributed by atoms with E-state index in [1.54, 1.807) is 7.11 Å². The first-order valence-corrected chi connectivity index (χ1v) is 7.69. The molecule has 1 atom stereocenters. The maximum Gasteiger partial charge on any atom is 0.118 e. The highest BCUT2D eigenvalue weighted by Gasteiger charge is 2.20. The summed E-state index contributed by atoms with van der Waals surface area (Å²) in [6.45, 7) is 3.77. The number of benzene rings is 1. The van der Waals surface area contributed by atoms with Gasteiger partial charge in [0.05, 0.1) is 12.5 Å². The Kier molecular flexibility index (Phi) is 5.50. The summed E-state index contributed by atoms with van der Waals surface area (Å²) in [4.78, 5) is 0. The molecule has 1 nitrogen and oxygen atoms in total. The third-order valence-corrected chi connectivity index (χ3v) is 4.40. The number of rotatable bonds is 5. The van der Waals surface area contributed by atoms with Gasteiger partial charge in [-0.1, -0.05) is 34.1 Å². The first-order chi connectivity index (χ1) is 9.63. The van der Waals surface area contributed by atoms with Gasteiger partial charge in [-0.25, -0.2) is 0 Å². The zero-order chi connectivity index (χ0) is 14.5. The fourth-order valence-corrected chi connectivity index (χ4v) is 3.03. The fraction of sp³-hybridized carbons (Fsp3) is 0.235. The molecule has 0 fully saturated rings. The highest BCUT2D eigenvalue weighted by molar-refractivity contribution is 9.11. The van der Waals surface area contributed by atoms with E-state index in [0.29, 0.717) is 0 Å². The first-order valence-electron chi connectivity index (χ1n) is 6.46. The molecule has 0 heterocycles. The number of alkyl halides is 1.